The van der Waals surface area contributed by atoms with Crippen LogP contribution in [-0.2, 0) is 20.0 Å². The lowest BCUT2D eigenvalue weighted by molar-refractivity contribution is -0.274. The van der Waals surface area contributed by atoms with Crippen LogP contribution in [0.2, 0.25) is 0 Å². The second-order valence-corrected chi connectivity index (χ2v) is 9.88. The number of rotatable bonds is 6. The number of hydrogen-bond acceptors (Lipinski definition) is 5. The van der Waals surface area contributed by atoms with Gasteiger partial charge in [-0.3, -0.25) is 4.72 Å². The van der Waals surface area contributed by atoms with Crippen molar-refractivity contribution in [3.63, 3.8) is 0 Å². The highest BCUT2D eigenvalue weighted by Gasteiger charge is 2.31. The summed E-state index contributed by atoms with van der Waals surface area (Å²) in [6.07, 6.45) is -3.29. The summed E-state index contributed by atoms with van der Waals surface area (Å²) in [4.78, 5) is -0.225. The molecule has 0 spiro atoms. The van der Waals surface area contributed by atoms with Gasteiger partial charge in [-0.25, -0.2) is 16.8 Å². The smallest absolute Gasteiger partial charge is 0.406 e. The maximum Gasteiger partial charge on any atom is 0.573 e. The van der Waals surface area contributed by atoms with E-state index in [0.717, 1.165) is 37.1 Å². The molecule has 7 nitrogen and oxygen atoms in total. The van der Waals surface area contributed by atoms with E-state index in [-0.39, 0.29) is 15.5 Å². The quantitative estimate of drug-likeness (QED) is 0.730. The molecule has 1 saturated heterocycles. The lowest BCUT2D eigenvalue weighted by Crippen LogP contribution is -2.27. The average Bonchev–Trinajstić information content (AvgIpc) is 3.16. The van der Waals surface area contributed by atoms with Crippen molar-refractivity contribution in [1.82, 2.24) is 4.31 Å². The normalized spacial score (nSPS) is 16.0. The predicted molar refractivity (Wildman–Crippen MR) is 98.4 cm³/mol. The summed E-state index contributed by atoms with van der Waals surface area (Å²) in [5.74, 6) is -0.548. The Balaban J connectivity index is 1.73. The van der Waals surface area contributed by atoms with Gasteiger partial charge in [-0.1, -0.05) is 0 Å². The number of halogens is 3. The molecular formula is C17H17F3N2O5S2. The van der Waals surface area contributed by atoms with Crippen molar-refractivity contribution in [2.24, 2.45) is 0 Å². The number of benzene rings is 2. The number of nitrogens with zero attached hydrogens (tertiary/aromatic N) is 1. The summed E-state index contributed by atoms with van der Waals surface area (Å²) in [6, 6.07) is 8.91. The minimum absolute atomic E-state index is 0.0519. The largest absolute Gasteiger partial charge is 0.573 e. The lowest BCUT2D eigenvalue weighted by atomic mass is 10.3. The number of hydrogen-bond donors (Lipinski definition) is 1. The molecule has 0 unspecified atom stereocenters. The fourth-order valence-corrected chi connectivity index (χ4v) is 5.38. The monoisotopic (exact) mass is 450 g/mol. The van der Waals surface area contributed by atoms with E-state index in [9.17, 15) is 30.0 Å². The van der Waals surface area contributed by atoms with Crippen molar-refractivity contribution >= 4 is 25.7 Å². The molecule has 0 atom stereocenters. The van der Waals surface area contributed by atoms with Crippen LogP contribution in [0.25, 0.3) is 0 Å². The Morgan fingerprint density at radius 1 is 0.828 bits per heavy atom. The van der Waals surface area contributed by atoms with E-state index >= 15 is 0 Å². The summed E-state index contributed by atoms with van der Waals surface area (Å²) in [6.45, 7) is 0.898. The van der Waals surface area contributed by atoms with Crippen LogP contribution in [0.15, 0.2) is 58.3 Å². The molecule has 1 fully saturated rings. The van der Waals surface area contributed by atoms with Crippen LogP contribution >= 0.6 is 0 Å². The van der Waals surface area contributed by atoms with Gasteiger partial charge >= 0.3 is 6.36 Å². The second kappa shape index (κ2) is 7.84. The molecule has 1 aliphatic heterocycles. The molecule has 1 heterocycles. The van der Waals surface area contributed by atoms with Crippen LogP contribution in [0.1, 0.15) is 12.8 Å². The first kappa shape index (κ1) is 21.4. The van der Waals surface area contributed by atoms with Crippen LogP contribution in [0, 0.1) is 0 Å². The first-order chi connectivity index (χ1) is 13.5. The molecule has 0 radical (unpaired) electrons. The first-order valence-electron chi connectivity index (χ1n) is 8.46. The molecule has 12 heteroatoms. The third-order valence-electron chi connectivity index (χ3n) is 4.18. The van der Waals surface area contributed by atoms with E-state index in [0.29, 0.717) is 13.1 Å². The van der Waals surface area contributed by atoms with E-state index in [2.05, 4.69) is 9.46 Å². The zero-order valence-corrected chi connectivity index (χ0v) is 16.5. The zero-order valence-electron chi connectivity index (χ0n) is 14.9. The molecule has 158 valence electrons. The van der Waals surface area contributed by atoms with Crippen molar-refractivity contribution in [2.75, 3.05) is 17.8 Å². The molecule has 0 aliphatic carbocycles. The summed E-state index contributed by atoms with van der Waals surface area (Å²) in [5.41, 5.74) is 0.112. The minimum atomic E-state index is -4.88. The number of alkyl halides is 3. The van der Waals surface area contributed by atoms with Crippen LogP contribution in [0.4, 0.5) is 18.9 Å². The molecule has 1 N–H and O–H groups in total. The molecule has 0 aromatic heterocycles. The molecule has 2 aromatic carbocycles. The van der Waals surface area contributed by atoms with E-state index in [4.69, 9.17) is 0 Å². The minimum Gasteiger partial charge on any atom is -0.406 e. The molecule has 0 bridgehead atoms. The van der Waals surface area contributed by atoms with E-state index in [1.807, 2.05) is 0 Å². The van der Waals surface area contributed by atoms with E-state index in [1.54, 1.807) is 0 Å². The second-order valence-electron chi connectivity index (χ2n) is 6.26. The molecule has 0 saturated carbocycles. The summed E-state index contributed by atoms with van der Waals surface area (Å²) >= 11 is 0. The van der Waals surface area contributed by atoms with Crippen molar-refractivity contribution in [1.29, 1.82) is 0 Å². The summed E-state index contributed by atoms with van der Waals surface area (Å²) in [5, 5.41) is 0. The highest BCUT2D eigenvalue weighted by atomic mass is 32.2. The zero-order chi connectivity index (χ0) is 21.3. The van der Waals surface area contributed by atoms with Gasteiger partial charge in [-0.15, -0.1) is 13.2 Å². The predicted octanol–water partition coefficient (Wildman–Crippen LogP) is 3.17. The van der Waals surface area contributed by atoms with Gasteiger partial charge in [0.1, 0.15) is 5.75 Å². The summed E-state index contributed by atoms with van der Waals surface area (Å²) in [7, 11) is -7.71. The van der Waals surface area contributed by atoms with Crippen LogP contribution in [0.3, 0.4) is 0 Å². The maximum atomic E-state index is 12.5. The SMILES string of the molecule is O=S(=O)(Nc1ccc(S(=O)(=O)N2CCCC2)cc1)c1ccc(OC(F)(F)F)cc1. The highest BCUT2D eigenvalue weighted by Crippen LogP contribution is 2.26. The van der Waals surface area contributed by atoms with Crippen LogP contribution < -0.4 is 9.46 Å². The maximum absolute atomic E-state index is 12.5. The Morgan fingerprint density at radius 2 is 1.34 bits per heavy atom. The Morgan fingerprint density at radius 3 is 1.86 bits per heavy atom. The Kier molecular flexibility index (Phi) is 5.79. The van der Waals surface area contributed by atoms with E-state index in [1.165, 1.54) is 28.6 Å². The highest BCUT2D eigenvalue weighted by molar-refractivity contribution is 7.92. The van der Waals surface area contributed by atoms with Crippen molar-refractivity contribution in [2.45, 2.75) is 29.0 Å². The third kappa shape index (κ3) is 5.19. The Hall–Kier alpha value is -2.31. The fourth-order valence-electron chi connectivity index (χ4n) is 2.81. The van der Waals surface area contributed by atoms with Crippen molar-refractivity contribution < 1.29 is 34.7 Å². The molecule has 2 aromatic rings. The van der Waals surface area contributed by atoms with Crippen LogP contribution in [0.5, 0.6) is 5.75 Å². The molecule has 29 heavy (non-hydrogen) atoms. The van der Waals surface area contributed by atoms with Crippen LogP contribution in [-0.4, -0.2) is 40.6 Å². The van der Waals surface area contributed by atoms with Crippen molar-refractivity contribution in [3.05, 3.63) is 48.5 Å². The third-order valence-corrected chi connectivity index (χ3v) is 7.49. The average molecular weight is 450 g/mol. The van der Waals surface area contributed by atoms with E-state index < -0.39 is 32.2 Å². The molecule has 3 rings (SSSR count). The number of ether oxygens (including phenoxy) is 1. The topological polar surface area (TPSA) is 92.8 Å². The van der Waals surface area contributed by atoms with Gasteiger partial charge in [0, 0.05) is 18.8 Å². The molecule has 1 aliphatic rings. The van der Waals surface area contributed by atoms with Gasteiger partial charge in [0.25, 0.3) is 10.0 Å². The van der Waals surface area contributed by atoms with Gasteiger partial charge in [0.15, 0.2) is 0 Å². The van der Waals surface area contributed by atoms with Gasteiger partial charge in [0.05, 0.1) is 9.79 Å². The Labute approximate surface area is 166 Å². The van der Waals surface area contributed by atoms with Gasteiger partial charge < -0.3 is 4.74 Å². The number of nitrogens with one attached hydrogen (secondary N) is 1. The van der Waals surface area contributed by atoms with Gasteiger partial charge in [-0.05, 0) is 61.4 Å². The standard InChI is InChI=1S/C17H17F3N2O5S2/c18-17(19,20)27-14-5-9-15(10-6-14)28(23,24)21-13-3-7-16(8-4-13)29(25,26)22-11-1-2-12-22/h3-10,21H,1-2,11-12H2. The Bertz CT molecular complexity index is 1060. The lowest BCUT2D eigenvalue weighted by Gasteiger charge is -2.16. The van der Waals surface area contributed by atoms with Gasteiger partial charge in [0.2, 0.25) is 10.0 Å². The fraction of sp³-hybridized carbons (Fsp3) is 0.294. The molecule has 0 amide bonds. The molecular weight excluding hydrogens is 433 g/mol. The first-order valence-corrected chi connectivity index (χ1v) is 11.4. The summed E-state index contributed by atoms with van der Waals surface area (Å²) < 4.78 is 93.6. The van der Waals surface area contributed by atoms with Crippen molar-refractivity contribution in [3.8, 4) is 5.75 Å². The van der Waals surface area contributed by atoms with Gasteiger partial charge in [-0.2, -0.15) is 4.31 Å². The number of sulfonamides is 2. The number of anilines is 1.